The molecule has 2 aromatic rings. The Labute approximate surface area is 125 Å². The van der Waals surface area contributed by atoms with Crippen LogP contribution in [0.25, 0.3) is 0 Å². The molecule has 0 nitrogen and oxygen atoms in total. The van der Waals surface area contributed by atoms with E-state index in [1.54, 1.807) is 12.1 Å². The molecule has 0 bridgehead atoms. The van der Waals surface area contributed by atoms with Crippen molar-refractivity contribution in [1.82, 2.24) is 0 Å². The molecular weight excluding hydrogens is 390 g/mol. The number of aryl methyl sites for hydroxylation is 1. The second-order valence-corrected chi connectivity index (χ2v) is 7.85. The lowest BCUT2D eigenvalue weighted by atomic mass is 10.0. The van der Waals surface area contributed by atoms with Crippen LogP contribution >= 0.6 is 54.8 Å². The van der Waals surface area contributed by atoms with Crippen molar-refractivity contribution >= 4 is 54.8 Å². The number of hydrogen-bond donors (Lipinski definition) is 0. The third-order valence-electron chi connectivity index (χ3n) is 2.38. The summed E-state index contributed by atoms with van der Waals surface area (Å²) in [7, 11) is 0. The van der Waals surface area contributed by atoms with E-state index < -0.39 is 5.38 Å². The van der Waals surface area contributed by atoms with Crippen molar-refractivity contribution in [3.05, 3.63) is 54.3 Å². The van der Waals surface area contributed by atoms with E-state index in [4.69, 9.17) is 11.6 Å². The van der Waals surface area contributed by atoms with Crippen LogP contribution in [-0.4, -0.2) is 0 Å². The SMILES string of the molecule is Cc1ccc(F)c(C(Cl)c2cc(Br)sc2Br)c1. The molecule has 0 aliphatic carbocycles. The fraction of sp³-hybridized carbons (Fsp3) is 0.167. The Morgan fingerprint density at radius 1 is 1.24 bits per heavy atom. The van der Waals surface area contributed by atoms with Gasteiger partial charge in [-0.25, -0.2) is 4.39 Å². The number of thiophene rings is 1. The Hall–Kier alpha value is 0.1000. The molecule has 0 amide bonds. The number of alkyl halides is 1. The summed E-state index contributed by atoms with van der Waals surface area (Å²) in [6, 6.07) is 6.88. The molecule has 90 valence electrons. The van der Waals surface area contributed by atoms with Crippen LogP contribution in [-0.2, 0) is 0 Å². The average Bonchev–Trinajstić information content (AvgIpc) is 2.60. The van der Waals surface area contributed by atoms with Crippen LogP contribution in [0, 0.1) is 12.7 Å². The van der Waals surface area contributed by atoms with Crippen molar-refractivity contribution in [2.24, 2.45) is 0 Å². The van der Waals surface area contributed by atoms with E-state index in [2.05, 4.69) is 31.9 Å². The Kier molecular flexibility index (Phi) is 4.29. The minimum Gasteiger partial charge on any atom is -0.207 e. The molecule has 1 atom stereocenters. The molecule has 0 saturated carbocycles. The van der Waals surface area contributed by atoms with Gasteiger partial charge in [0.1, 0.15) is 5.82 Å². The maximum Gasteiger partial charge on any atom is 0.128 e. The van der Waals surface area contributed by atoms with Crippen LogP contribution in [0.3, 0.4) is 0 Å². The maximum atomic E-state index is 13.7. The fourth-order valence-electron chi connectivity index (χ4n) is 1.55. The quantitative estimate of drug-likeness (QED) is 0.540. The second kappa shape index (κ2) is 5.39. The second-order valence-electron chi connectivity index (χ2n) is 3.67. The van der Waals surface area contributed by atoms with Gasteiger partial charge < -0.3 is 0 Å². The lowest BCUT2D eigenvalue weighted by molar-refractivity contribution is 0.612. The van der Waals surface area contributed by atoms with Gasteiger partial charge in [-0.1, -0.05) is 17.7 Å². The monoisotopic (exact) mass is 396 g/mol. The zero-order valence-electron chi connectivity index (χ0n) is 8.81. The number of benzene rings is 1. The highest BCUT2D eigenvalue weighted by molar-refractivity contribution is 9.12. The Morgan fingerprint density at radius 2 is 1.94 bits per heavy atom. The molecule has 1 unspecified atom stereocenters. The van der Waals surface area contributed by atoms with Crippen LogP contribution in [0.5, 0.6) is 0 Å². The predicted octanol–water partition coefficient (Wildman–Crippen LogP) is 6.05. The molecular formula is C12H8Br2ClFS. The standard InChI is InChI=1S/C12H8Br2ClFS/c1-6-2-3-9(16)7(4-6)11(15)8-5-10(13)17-12(8)14/h2-5,11H,1H3. The molecule has 2 rings (SSSR count). The van der Waals surface area contributed by atoms with Crippen LogP contribution in [0.1, 0.15) is 22.1 Å². The first-order valence-corrected chi connectivity index (χ1v) is 7.68. The summed E-state index contributed by atoms with van der Waals surface area (Å²) in [5.41, 5.74) is 2.39. The highest BCUT2D eigenvalue weighted by Gasteiger charge is 2.19. The molecule has 17 heavy (non-hydrogen) atoms. The van der Waals surface area contributed by atoms with Crippen molar-refractivity contribution in [2.45, 2.75) is 12.3 Å². The van der Waals surface area contributed by atoms with E-state index in [-0.39, 0.29) is 5.82 Å². The Bertz CT molecular complexity index is 553. The topological polar surface area (TPSA) is 0 Å². The van der Waals surface area contributed by atoms with Crippen molar-refractivity contribution < 1.29 is 4.39 Å². The van der Waals surface area contributed by atoms with Crippen LogP contribution < -0.4 is 0 Å². The predicted molar refractivity (Wildman–Crippen MR) is 78.6 cm³/mol. The van der Waals surface area contributed by atoms with E-state index in [1.165, 1.54) is 17.4 Å². The summed E-state index contributed by atoms with van der Waals surface area (Å²) >= 11 is 14.7. The molecule has 0 saturated heterocycles. The molecule has 5 heteroatoms. The highest BCUT2D eigenvalue weighted by atomic mass is 79.9. The molecule has 1 aromatic heterocycles. The lowest BCUT2D eigenvalue weighted by Crippen LogP contribution is -1.97. The van der Waals surface area contributed by atoms with Gasteiger partial charge in [-0.2, -0.15) is 0 Å². The molecule has 1 aromatic carbocycles. The fourth-order valence-corrected chi connectivity index (χ4v) is 4.99. The van der Waals surface area contributed by atoms with Gasteiger partial charge in [-0.05, 0) is 50.9 Å². The van der Waals surface area contributed by atoms with Gasteiger partial charge >= 0.3 is 0 Å². The van der Waals surface area contributed by atoms with Gasteiger partial charge in [0.2, 0.25) is 0 Å². The first-order valence-electron chi connectivity index (χ1n) is 4.84. The largest absolute Gasteiger partial charge is 0.207 e. The van der Waals surface area contributed by atoms with Gasteiger partial charge in [0, 0.05) is 11.1 Å². The van der Waals surface area contributed by atoms with Gasteiger partial charge in [-0.3, -0.25) is 0 Å². The van der Waals surface area contributed by atoms with Gasteiger partial charge in [0.05, 0.1) is 12.9 Å². The maximum absolute atomic E-state index is 13.7. The summed E-state index contributed by atoms with van der Waals surface area (Å²) in [4.78, 5) is 0. The molecule has 0 aliphatic rings. The molecule has 1 heterocycles. The zero-order valence-corrected chi connectivity index (χ0v) is 13.6. The Balaban J connectivity index is 2.46. The zero-order chi connectivity index (χ0) is 12.6. The number of hydrogen-bond acceptors (Lipinski definition) is 1. The third-order valence-corrected chi connectivity index (χ3v) is 5.24. The van der Waals surface area contributed by atoms with Crippen molar-refractivity contribution in [3.8, 4) is 0 Å². The molecule has 0 radical (unpaired) electrons. The highest BCUT2D eigenvalue weighted by Crippen LogP contribution is 2.41. The Morgan fingerprint density at radius 3 is 2.53 bits per heavy atom. The summed E-state index contributed by atoms with van der Waals surface area (Å²) in [5.74, 6) is -0.273. The van der Waals surface area contributed by atoms with E-state index in [0.29, 0.717) is 5.56 Å². The normalized spacial score (nSPS) is 12.8. The summed E-state index contributed by atoms with van der Waals surface area (Å²) in [6.45, 7) is 1.92. The molecule has 0 fully saturated rings. The first-order chi connectivity index (χ1) is 7.99. The van der Waals surface area contributed by atoms with Crippen molar-refractivity contribution in [3.63, 3.8) is 0 Å². The third kappa shape index (κ3) is 2.92. The molecule has 0 aliphatic heterocycles. The lowest BCUT2D eigenvalue weighted by Gasteiger charge is -2.11. The number of halogens is 4. The van der Waals surface area contributed by atoms with E-state index in [0.717, 1.165) is 18.7 Å². The summed E-state index contributed by atoms with van der Waals surface area (Å²) in [6.07, 6.45) is 0. The van der Waals surface area contributed by atoms with Crippen LogP contribution in [0.15, 0.2) is 31.8 Å². The minimum absolute atomic E-state index is 0.273. The summed E-state index contributed by atoms with van der Waals surface area (Å²) in [5, 5.41) is -0.480. The smallest absolute Gasteiger partial charge is 0.128 e. The van der Waals surface area contributed by atoms with Crippen LogP contribution in [0.2, 0.25) is 0 Å². The average molecular weight is 399 g/mol. The molecule has 0 spiro atoms. The van der Waals surface area contributed by atoms with Gasteiger partial charge in [-0.15, -0.1) is 22.9 Å². The molecule has 0 N–H and O–H groups in total. The van der Waals surface area contributed by atoms with Gasteiger partial charge in [0.25, 0.3) is 0 Å². The van der Waals surface area contributed by atoms with Crippen molar-refractivity contribution in [1.29, 1.82) is 0 Å². The van der Waals surface area contributed by atoms with Gasteiger partial charge in [0.15, 0.2) is 0 Å². The minimum atomic E-state index is -0.480. The number of rotatable bonds is 2. The van der Waals surface area contributed by atoms with E-state index in [1.807, 2.05) is 13.0 Å². The summed E-state index contributed by atoms with van der Waals surface area (Å²) < 4.78 is 15.6. The van der Waals surface area contributed by atoms with Crippen molar-refractivity contribution in [2.75, 3.05) is 0 Å². The van der Waals surface area contributed by atoms with E-state index >= 15 is 0 Å². The van der Waals surface area contributed by atoms with E-state index in [9.17, 15) is 4.39 Å². The van der Waals surface area contributed by atoms with Crippen LogP contribution in [0.4, 0.5) is 4.39 Å². The first kappa shape index (κ1) is 13.5.